The molecule has 110 valence electrons. The fourth-order valence-electron chi connectivity index (χ4n) is 2.51. The summed E-state index contributed by atoms with van der Waals surface area (Å²) in [6.45, 7) is 3.33. The molecule has 1 aromatic carbocycles. The van der Waals surface area contributed by atoms with Gasteiger partial charge in [-0.25, -0.2) is 0 Å². The van der Waals surface area contributed by atoms with Gasteiger partial charge in [-0.15, -0.1) is 0 Å². The minimum Gasteiger partial charge on any atom is -0.494 e. The Morgan fingerprint density at radius 3 is 2.55 bits per heavy atom. The molecule has 0 heterocycles. The Balaban J connectivity index is 1.83. The van der Waals surface area contributed by atoms with E-state index in [2.05, 4.69) is 12.2 Å². The largest absolute Gasteiger partial charge is 0.494 e. The third kappa shape index (κ3) is 3.73. The van der Waals surface area contributed by atoms with E-state index in [9.17, 15) is 4.79 Å². The maximum absolute atomic E-state index is 12.1. The number of nitrogens with one attached hydrogen (secondary N) is 1. The summed E-state index contributed by atoms with van der Waals surface area (Å²) in [6.07, 6.45) is 4.68. The molecular formula is C16H24N2O2. The van der Waals surface area contributed by atoms with Crippen LogP contribution in [0.2, 0.25) is 0 Å². The number of benzene rings is 1. The van der Waals surface area contributed by atoms with Crippen LogP contribution in [0.1, 0.15) is 44.6 Å². The van der Waals surface area contributed by atoms with Gasteiger partial charge in [-0.1, -0.05) is 31.9 Å². The summed E-state index contributed by atoms with van der Waals surface area (Å²) in [6, 6.07) is 7.82. The molecule has 1 aromatic rings. The monoisotopic (exact) mass is 276 g/mol. The van der Waals surface area contributed by atoms with Crippen molar-refractivity contribution in [3.63, 3.8) is 0 Å². The van der Waals surface area contributed by atoms with Crippen molar-refractivity contribution in [2.45, 2.75) is 51.1 Å². The molecule has 4 heteroatoms. The van der Waals surface area contributed by atoms with Crippen LogP contribution in [0.3, 0.4) is 0 Å². The predicted octanol–water partition coefficient (Wildman–Crippen LogP) is 2.36. The van der Waals surface area contributed by atoms with Crippen molar-refractivity contribution in [2.24, 2.45) is 5.73 Å². The van der Waals surface area contributed by atoms with E-state index in [0.717, 1.165) is 50.0 Å². The normalized spacial score (nSPS) is 16.9. The number of carbonyl (C=O) groups is 1. The summed E-state index contributed by atoms with van der Waals surface area (Å²) in [4.78, 5) is 12.1. The standard InChI is InChI=1S/C16H24N2O2/c1-2-11-20-14-7-5-13(6-8-14)12-18-15(19)16(17)9-3-4-10-16/h5-8H,2-4,9-12,17H2,1H3,(H,18,19). The van der Waals surface area contributed by atoms with E-state index >= 15 is 0 Å². The molecule has 1 amide bonds. The van der Waals surface area contributed by atoms with Gasteiger partial charge in [-0.3, -0.25) is 4.79 Å². The first-order valence-electron chi connectivity index (χ1n) is 7.43. The van der Waals surface area contributed by atoms with Crippen molar-refractivity contribution in [3.05, 3.63) is 29.8 Å². The first-order valence-corrected chi connectivity index (χ1v) is 7.43. The van der Waals surface area contributed by atoms with Gasteiger partial charge in [0.15, 0.2) is 0 Å². The molecule has 20 heavy (non-hydrogen) atoms. The topological polar surface area (TPSA) is 64.3 Å². The lowest BCUT2D eigenvalue weighted by molar-refractivity contribution is -0.126. The SMILES string of the molecule is CCCOc1ccc(CNC(=O)C2(N)CCCC2)cc1. The Hall–Kier alpha value is -1.55. The van der Waals surface area contributed by atoms with Crippen LogP contribution in [0.5, 0.6) is 5.75 Å². The Labute approximate surface area is 120 Å². The van der Waals surface area contributed by atoms with Crippen LogP contribution in [-0.4, -0.2) is 18.1 Å². The molecule has 0 unspecified atom stereocenters. The third-order valence-corrected chi connectivity index (χ3v) is 3.80. The number of rotatable bonds is 6. The number of nitrogens with two attached hydrogens (primary N) is 1. The molecule has 0 aromatic heterocycles. The lowest BCUT2D eigenvalue weighted by Crippen LogP contribution is -2.51. The average molecular weight is 276 g/mol. The van der Waals surface area contributed by atoms with Gasteiger partial charge in [0, 0.05) is 6.54 Å². The third-order valence-electron chi connectivity index (χ3n) is 3.80. The van der Waals surface area contributed by atoms with E-state index in [1.165, 1.54) is 0 Å². The van der Waals surface area contributed by atoms with E-state index in [0.29, 0.717) is 6.54 Å². The molecule has 1 fully saturated rings. The quantitative estimate of drug-likeness (QED) is 0.838. The summed E-state index contributed by atoms with van der Waals surface area (Å²) in [5.41, 5.74) is 6.52. The second kappa shape index (κ2) is 6.75. The lowest BCUT2D eigenvalue weighted by Gasteiger charge is -2.22. The first kappa shape index (κ1) is 14.9. The number of amides is 1. The molecule has 0 radical (unpaired) electrons. The number of carbonyl (C=O) groups excluding carboxylic acids is 1. The molecule has 0 aliphatic heterocycles. The first-order chi connectivity index (χ1) is 9.64. The van der Waals surface area contributed by atoms with Gasteiger partial charge in [-0.2, -0.15) is 0 Å². The Morgan fingerprint density at radius 1 is 1.30 bits per heavy atom. The van der Waals surface area contributed by atoms with E-state index < -0.39 is 5.54 Å². The zero-order valence-corrected chi connectivity index (χ0v) is 12.2. The molecule has 0 spiro atoms. The van der Waals surface area contributed by atoms with Gasteiger partial charge >= 0.3 is 0 Å². The smallest absolute Gasteiger partial charge is 0.240 e. The highest BCUT2D eigenvalue weighted by atomic mass is 16.5. The van der Waals surface area contributed by atoms with Gasteiger partial charge in [-0.05, 0) is 37.0 Å². The van der Waals surface area contributed by atoms with E-state index in [1.54, 1.807) is 0 Å². The fourth-order valence-corrected chi connectivity index (χ4v) is 2.51. The van der Waals surface area contributed by atoms with E-state index in [-0.39, 0.29) is 5.91 Å². The van der Waals surface area contributed by atoms with Gasteiger partial charge < -0.3 is 15.8 Å². The highest BCUT2D eigenvalue weighted by Crippen LogP contribution is 2.27. The summed E-state index contributed by atoms with van der Waals surface area (Å²) < 4.78 is 5.53. The van der Waals surface area contributed by atoms with Crippen LogP contribution < -0.4 is 15.8 Å². The minimum atomic E-state index is -0.649. The second-order valence-electron chi connectivity index (χ2n) is 5.54. The fraction of sp³-hybridized carbons (Fsp3) is 0.562. The van der Waals surface area contributed by atoms with Gasteiger partial charge in [0.25, 0.3) is 0 Å². The molecule has 1 aliphatic rings. The number of hydrogen-bond acceptors (Lipinski definition) is 3. The lowest BCUT2D eigenvalue weighted by atomic mass is 9.98. The molecule has 1 aliphatic carbocycles. The van der Waals surface area contributed by atoms with Crippen molar-refractivity contribution in [2.75, 3.05) is 6.61 Å². The van der Waals surface area contributed by atoms with Crippen LogP contribution >= 0.6 is 0 Å². The van der Waals surface area contributed by atoms with Crippen LogP contribution in [0.15, 0.2) is 24.3 Å². The maximum Gasteiger partial charge on any atom is 0.240 e. The van der Waals surface area contributed by atoms with Crippen molar-refractivity contribution in [3.8, 4) is 5.75 Å². The van der Waals surface area contributed by atoms with Gasteiger partial charge in [0.1, 0.15) is 5.75 Å². The Kier molecular flexibility index (Phi) is 5.01. The highest BCUT2D eigenvalue weighted by molar-refractivity contribution is 5.86. The van der Waals surface area contributed by atoms with Crippen LogP contribution in [0.25, 0.3) is 0 Å². The van der Waals surface area contributed by atoms with Crippen LogP contribution in [0, 0.1) is 0 Å². The van der Waals surface area contributed by atoms with Gasteiger partial charge in [0.05, 0.1) is 12.1 Å². The summed E-state index contributed by atoms with van der Waals surface area (Å²) in [7, 11) is 0. The molecule has 2 rings (SSSR count). The zero-order valence-electron chi connectivity index (χ0n) is 12.2. The molecular weight excluding hydrogens is 252 g/mol. The molecule has 0 bridgehead atoms. The molecule has 1 saturated carbocycles. The average Bonchev–Trinajstić information content (AvgIpc) is 2.92. The Bertz CT molecular complexity index is 436. The summed E-state index contributed by atoms with van der Waals surface area (Å²) >= 11 is 0. The van der Waals surface area contributed by atoms with Crippen molar-refractivity contribution < 1.29 is 9.53 Å². The highest BCUT2D eigenvalue weighted by Gasteiger charge is 2.36. The number of ether oxygens (including phenoxy) is 1. The van der Waals surface area contributed by atoms with Crippen molar-refractivity contribution in [1.29, 1.82) is 0 Å². The predicted molar refractivity (Wildman–Crippen MR) is 79.5 cm³/mol. The minimum absolute atomic E-state index is 0.0266. The Morgan fingerprint density at radius 2 is 1.95 bits per heavy atom. The van der Waals surface area contributed by atoms with Gasteiger partial charge in [0.2, 0.25) is 5.91 Å². The van der Waals surface area contributed by atoms with Crippen LogP contribution in [-0.2, 0) is 11.3 Å². The van der Waals surface area contributed by atoms with E-state index in [4.69, 9.17) is 10.5 Å². The van der Waals surface area contributed by atoms with Crippen molar-refractivity contribution >= 4 is 5.91 Å². The maximum atomic E-state index is 12.1. The number of hydrogen-bond donors (Lipinski definition) is 2. The zero-order chi connectivity index (χ0) is 14.4. The van der Waals surface area contributed by atoms with Crippen molar-refractivity contribution in [1.82, 2.24) is 5.32 Å². The summed E-state index contributed by atoms with van der Waals surface area (Å²) in [5, 5.41) is 2.94. The van der Waals surface area contributed by atoms with Crippen LogP contribution in [0.4, 0.5) is 0 Å². The molecule has 0 saturated heterocycles. The molecule has 3 N–H and O–H groups in total. The molecule has 4 nitrogen and oxygen atoms in total. The molecule has 0 atom stereocenters. The van der Waals surface area contributed by atoms with E-state index in [1.807, 2.05) is 24.3 Å². The summed E-state index contributed by atoms with van der Waals surface area (Å²) in [5.74, 6) is 0.842. The second-order valence-corrected chi connectivity index (χ2v) is 5.54.